The molecule has 0 atom stereocenters. The summed E-state index contributed by atoms with van der Waals surface area (Å²) in [5, 5.41) is 7.42. The Morgan fingerprint density at radius 1 is 1.00 bits per heavy atom. The van der Waals surface area contributed by atoms with Crippen molar-refractivity contribution in [1.29, 1.82) is 0 Å². The van der Waals surface area contributed by atoms with E-state index in [4.69, 9.17) is 9.90 Å². The van der Waals surface area contributed by atoms with Gasteiger partial charge in [0.2, 0.25) is 0 Å². The summed E-state index contributed by atoms with van der Waals surface area (Å²) in [6, 6.07) is 0. The van der Waals surface area contributed by atoms with Crippen molar-refractivity contribution in [2.24, 2.45) is 0 Å². The molecule has 0 aromatic carbocycles. The van der Waals surface area contributed by atoms with E-state index in [0.717, 1.165) is 29.1 Å². The highest BCUT2D eigenvalue weighted by Crippen LogP contribution is 2.24. The third-order valence-electron chi connectivity index (χ3n) is 0.859. The fourth-order valence-electron chi connectivity index (χ4n) is 0.222. The van der Waals surface area contributed by atoms with Crippen LogP contribution in [0.1, 0.15) is 33.6 Å². The van der Waals surface area contributed by atoms with Crippen LogP contribution in [0.4, 0.5) is 0 Å². The van der Waals surface area contributed by atoms with Gasteiger partial charge >= 0.3 is 35.0 Å². The molecule has 98 valence electrons. The molecule has 9 heteroatoms. The Morgan fingerprint density at radius 2 is 1.24 bits per heavy atom. The fraction of sp³-hybridized carbons (Fsp3) is 0.625. The molecule has 0 aromatic heterocycles. The summed E-state index contributed by atoms with van der Waals surface area (Å²) in [5.74, 6) is -1.50. The van der Waals surface area contributed by atoms with Gasteiger partial charge in [-0.05, 0) is 0 Å². The smallest absolute Gasteiger partial charge is 0.318 e. The number of rotatable bonds is 5. The molecule has 0 bridgehead atoms. The second-order valence-electron chi connectivity index (χ2n) is 2.27. The maximum absolute atomic E-state index is 10.5. The molecule has 0 amide bonds. The van der Waals surface area contributed by atoms with Crippen molar-refractivity contribution in [3.8, 4) is 0 Å². The van der Waals surface area contributed by atoms with Crippen LogP contribution < -0.4 is 0 Å². The molecule has 1 N–H and O–H groups in total. The molecule has 0 aliphatic heterocycles. The van der Waals surface area contributed by atoms with Crippen molar-refractivity contribution in [1.82, 2.24) is 0 Å². The number of hydrogen-bond donors (Lipinski definition) is 1. The van der Waals surface area contributed by atoms with Crippen LogP contribution in [0.15, 0.2) is 0 Å². The summed E-state index contributed by atoms with van der Waals surface area (Å²) in [4.78, 5) is 30.1. The van der Waals surface area contributed by atoms with Crippen LogP contribution in [0.3, 0.4) is 0 Å². The zero-order chi connectivity index (χ0) is 13.0. The average molecular weight is 297 g/mol. The molecule has 0 aromatic rings. The van der Waals surface area contributed by atoms with Crippen LogP contribution in [0.25, 0.3) is 0 Å². The van der Waals surface area contributed by atoms with Crippen molar-refractivity contribution in [2.45, 2.75) is 33.6 Å². The largest absolute Gasteiger partial charge is 0.481 e. The Balaban J connectivity index is -0.000000340. The Bertz CT molecular complexity index is 214. The SMILES string of the molecule is CC(=O)O.CCC(=O)OSSOC(=O)CC.[MgH2]. The van der Waals surface area contributed by atoms with Gasteiger partial charge in [-0.3, -0.25) is 14.4 Å². The average Bonchev–Trinajstić information content (AvgIpc) is 2.22. The lowest BCUT2D eigenvalue weighted by Crippen LogP contribution is -1.96. The van der Waals surface area contributed by atoms with Crippen LogP contribution in [-0.4, -0.2) is 46.1 Å². The van der Waals surface area contributed by atoms with Crippen molar-refractivity contribution >= 4 is 63.1 Å². The molecule has 0 heterocycles. The normalized spacial score (nSPS) is 7.94. The number of hydrogen-bond acceptors (Lipinski definition) is 7. The third kappa shape index (κ3) is 25.8. The minimum atomic E-state index is -0.833. The van der Waals surface area contributed by atoms with E-state index in [-0.39, 0.29) is 35.0 Å². The van der Waals surface area contributed by atoms with Crippen LogP contribution in [0.5, 0.6) is 0 Å². The Hall–Kier alpha value is -0.124. The maximum atomic E-state index is 10.5. The van der Waals surface area contributed by atoms with Crippen molar-refractivity contribution < 1.29 is 27.9 Å². The van der Waals surface area contributed by atoms with E-state index >= 15 is 0 Å². The molecule has 0 aliphatic carbocycles. The lowest BCUT2D eigenvalue weighted by atomic mass is 10.5. The molecule has 6 nitrogen and oxygen atoms in total. The highest BCUT2D eigenvalue weighted by atomic mass is 33.1. The highest BCUT2D eigenvalue weighted by Gasteiger charge is 2.03. The summed E-state index contributed by atoms with van der Waals surface area (Å²) in [6.45, 7) is 4.46. The maximum Gasteiger partial charge on any atom is 0.318 e. The summed E-state index contributed by atoms with van der Waals surface area (Å²) in [5.41, 5.74) is 0. The van der Waals surface area contributed by atoms with Crippen LogP contribution >= 0.6 is 22.1 Å². The van der Waals surface area contributed by atoms with E-state index in [2.05, 4.69) is 8.37 Å². The second-order valence-corrected chi connectivity index (χ2v) is 3.69. The molecule has 0 aliphatic rings. The van der Waals surface area contributed by atoms with Gasteiger partial charge in [-0.15, -0.1) is 0 Å². The first-order chi connectivity index (χ1) is 7.43. The molecule has 0 spiro atoms. The number of carboxylic acids is 1. The van der Waals surface area contributed by atoms with Crippen molar-refractivity contribution in [3.63, 3.8) is 0 Å². The van der Waals surface area contributed by atoms with Crippen LogP contribution in [0, 0.1) is 0 Å². The van der Waals surface area contributed by atoms with Crippen molar-refractivity contribution in [2.75, 3.05) is 0 Å². The molecule has 17 heavy (non-hydrogen) atoms. The summed E-state index contributed by atoms with van der Waals surface area (Å²) >= 11 is 1.51. The lowest BCUT2D eigenvalue weighted by Gasteiger charge is -1.98. The molecule has 0 saturated carbocycles. The van der Waals surface area contributed by atoms with Crippen LogP contribution in [-0.2, 0) is 22.7 Å². The third-order valence-corrected chi connectivity index (χ3v) is 2.00. The topological polar surface area (TPSA) is 89.9 Å². The number of carboxylic acid groups (broad SMARTS) is 1. The highest BCUT2D eigenvalue weighted by molar-refractivity contribution is 8.73. The quantitative estimate of drug-likeness (QED) is 0.351. The Morgan fingerprint density at radius 3 is 1.41 bits per heavy atom. The summed E-state index contributed by atoms with van der Waals surface area (Å²) in [6.07, 6.45) is 0.630. The fourth-order valence-corrected chi connectivity index (χ4v) is 1.29. The molecule has 0 saturated heterocycles. The first kappa shape index (κ1) is 22.1. The van der Waals surface area contributed by atoms with Gasteiger partial charge < -0.3 is 13.5 Å². The van der Waals surface area contributed by atoms with Gasteiger partial charge in [0.1, 0.15) is 0 Å². The molecule has 0 rings (SSSR count). The minimum absolute atomic E-state index is 0. The zero-order valence-electron chi connectivity index (χ0n) is 9.22. The predicted octanol–water partition coefficient (Wildman–Crippen LogP) is 1.28. The molecule has 0 fully saturated rings. The molecule has 0 unspecified atom stereocenters. The van der Waals surface area contributed by atoms with E-state index in [1.54, 1.807) is 13.8 Å². The van der Waals surface area contributed by atoms with Gasteiger partial charge in [0.05, 0.1) is 0 Å². The molecule has 0 radical (unpaired) electrons. The van der Waals surface area contributed by atoms with E-state index in [1.807, 2.05) is 0 Å². The number of carbonyl (C=O) groups is 3. The van der Waals surface area contributed by atoms with E-state index in [1.165, 1.54) is 0 Å². The van der Waals surface area contributed by atoms with Gasteiger partial charge in [0, 0.05) is 19.8 Å². The molecular formula is C8H16MgO6S2. The van der Waals surface area contributed by atoms with Crippen LogP contribution in [0.2, 0.25) is 0 Å². The monoisotopic (exact) mass is 296 g/mol. The summed E-state index contributed by atoms with van der Waals surface area (Å²) < 4.78 is 9.10. The van der Waals surface area contributed by atoms with Gasteiger partial charge in [-0.25, -0.2) is 0 Å². The summed E-state index contributed by atoms with van der Waals surface area (Å²) in [7, 11) is 0. The zero-order valence-corrected chi connectivity index (χ0v) is 10.9. The number of carbonyl (C=O) groups excluding carboxylic acids is 2. The lowest BCUT2D eigenvalue weighted by molar-refractivity contribution is -0.134. The van der Waals surface area contributed by atoms with E-state index < -0.39 is 5.97 Å². The molecular weight excluding hydrogens is 281 g/mol. The first-order valence-electron chi connectivity index (χ1n) is 4.37. The predicted molar refractivity (Wildman–Crippen MR) is 69.8 cm³/mol. The number of aliphatic carboxylic acids is 1. The van der Waals surface area contributed by atoms with Gasteiger partial charge in [-0.2, -0.15) is 0 Å². The standard InChI is InChI=1S/C6H10O4S2.C2H4O2.Mg.2H/c1-3-5(7)9-11-12-10-6(8)4-2;1-2(3)4;;;/h3-4H2,1-2H3;1H3,(H,3,4);;;. The minimum Gasteiger partial charge on any atom is -0.481 e. The van der Waals surface area contributed by atoms with Gasteiger partial charge in [0.15, 0.2) is 22.1 Å². The van der Waals surface area contributed by atoms with E-state index in [0.29, 0.717) is 12.8 Å². The first-order valence-corrected chi connectivity index (χ1v) is 6.37. The van der Waals surface area contributed by atoms with Gasteiger partial charge in [-0.1, -0.05) is 13.8 Å². The van der Waals surface area contributed by atoms with Gasteiger partial charge in [0.25, 0.3) is 5.97 Å². The van der Waals surface area contributed by atoms with E-state index in [9.17, 15) is 9.59 Å². The van der Waals surface area contributed by atoms with Crippen molar-refractivity contribution in [3.05, 3.63) is 0 Å². The Kier molecular flexibility index (Phi) is 20.6. The Labute approximate surface area is 124 Å². The second kappa shape index (κ2) is 15.9.